The van der Waals surface area contributed by atoms with Crippen LogP contribution in [0.3, 0.4) is 0 Å². The maximum Gasteiger partial charge on any atom is 0.241 e. The monoisotopic (exact) mass is 441 g/mol. The second-order valence-corrected chi connectivity index (χ2v) is 7.97. The van der Waals surface area contributed by atoms with Crippen molar-refractivity contribution >= 4 is 34.0 Å². The van der Waals surface area contributed by atoms with E-state index in [1.165, 1.54) is 0 Å². The van der Waals surface area contributed by atoms with E-state index in [4.69, 9.17) is 24.7 Å². The van der Waals surface area contributed by atoms with E-state index in [1.54, 1.807) is 18.7 Å². The standard InChI is InChI=1S/C23H23N9O/c1-15-13-33-12-11-30(15)20-19-21(31(14-26-19)16-7-9-25-10-8-16)29-23(28-20)32-18-6-4-3-5-17(18)27-22(32)24-2/h3-10,14-15H,11-13H2,1-2H3,(H,24,27)/t15-/m1/s1. The van der Waals surface area contributed by atoms with Crippen LogP contribution in [0.1, 0.15) is 6.92 Å². The summed E-state index contributed by atoms with van der Waals surface area (Å²) < 4.78 is 9.59. The minimum atomic E-state index is 0.166. The van der Waals surface area contributed by atoms with Gasteiger partial charge in [0.05, 0.1) is 36.0 Å². The average molecular weight is 441 g/mol. The van der Waals surface area contributed by atoms with E-state index < -0.39 is 0 Å². The molecule has 0 unspecified atom stereocenters. The van der Waals surface area contributed by atoms with E-state index in [1.807, 2.05) is 52.6 Å². The van der Waals surface area contributed by atoms with Crippen molar-refractivity contribution in [3.05, 3.63) is 55.1 Å². The highest BCUT2D eigenvalue weighted by atomic mass is 16.5. The Morgan fingerprint density at radius 3 is 2.73 bits per heavy atom. The summed E-state index contributed by atoms with van der Waals surface area (Å²) in [4.78, 5) is 25.9. The molecule has 1 saturated heterocycles. The minimum Gasteiger partial charge on any atom is -0.377 e. The first-order valence-corrected chi connectivity index (χ1v) is 10.9. The topological polar surface area (TPSA) is 98.8 Å². The van der Waals surface area contributed by atoms with Gasteiger partial charge in [-0.15, -0.1) is 0 Å². The van der Waals surface area contributed by atoms with Crippen molar-refractivity contribution in [1.82, 2.24) is 34.1 Å². The van der Waals surface area contributed by atoms with Crippen molar-refractivity contribution in [1.29, 1.82) is 0 Å². The number of nitrogens with zero attached hydrogens (tertiary/aromatic N) is 8. The summed E-state index contributed by atoms with van der Waals surface area (Å²) in [7, 11) is 1.85. The molecule has 33 heavy (non-hydrogen) atoms. The Labute approximate surface area is 189 Å². The highest BCUT2D eigenvalue weighted by Gasteiger charge is 2.26. The molecule has 5 heterocycles. The molecule has 0 aliphatic carbocycles. The number of imidazole rings is 2. The predicted octanol–water partition coefficient (Wildman–Crippen LogP) is 2.82. The minimum absolute atomic E-state index is 0.166. The molecule has 1 aliphatic rings. The molecule has 10 heteroatoms. The van der Waals surface area contributed by atoms with Crippen LogP contribution in [0.4, 0.5) is 11.8 Å². The van der Waals surface area contributed by atoms with E-state index in [-0.39, 0.29) is 6.04 Å². The lowest BCUT2D eigenvalue weighted by Crippen LogP contribution is -2.44. The number of rotatable bonds is 4. The van der Waals surface area contributed by atoms with Crippen molar-refractivity contribution in [2.24, 2.45) is 0 Å². The fraction of sp³-hybridized carbons (Fsp3) is 0.261. The van der Waals surface area contributed by atoms with Gasteiger partial charge in [0.1, 0.15) is 6.33 Å². The van der Waals surface area contributed by atoms with Crippen LogP contribution in [0.15, 0.2) is 55.1 Å². The molecule has 166 valence electrons. The van der Waals surface area contributed by atoms with Gasteiger partial charge in [-0.05, 0) is 31.2 Å². The summed E-state index contributed by atoms with van der Waals surface area (Å²) >= 11 is 0. The van der Waals surface area contributed by atoms with Crippen LogP contribution in [0, 0.1) is 0 Å². The first-order valence-electron chi connectivity index (χ1n) is 10.9. The summed E-state index contributed by atoms with van der Waals surface area (Å²) in [5, 5.41) is 3.19. The number of nitrogens with one attached hydrogen (secondary N) is 1. The van der Waals surface area contributed by atoms with Crippen LogP contribution in [0.25, 0.3) is 33.8 Å². The number of benzene rings is 1. The summed E-state index contributed by atoms with van der Waals surface area (Å²) in [6.45, 7) is 4.16. The van der Waals surface area contributed by atoms with E-state index in [9.17, 15) is 0 Å². The molecule has 1 aromatic carbocycles. The fourth-order valence-corrected chi connectivity index (χ4v) is 4.31. The maximum atomic E-state index is 5.67. The first kappa shape index (κ1) is 19.6. The summed E-state index contributed by atoms with van der Waals surface area (Å²) in [6, 6.07) is 12.0. The Morgan fingerprint density at radius 1 is 1.06 bits per heavy atom. The van der Waals surface area contributed by atoms with E-state index >= 15 is 0 Å². The average Bonchev–Trinajstić information content (AvgIpc) is 3.46. The van der Waals surface area contributed by atoms with Gasteiger partial charge in [-0.3, -0.25) is 9.55 Å². The summed E-state index contributed by atoms with van der Waals surface area (Å²) in [6.07, 6.45) is 5.31. The van der Waals surface area contributed by atoms with Crippen LogP contribution in [-0.2, 0) is 4.74 Å². The summed E-state index contributed by atoms with van der Waals surface area (Å²) in [5.41, 5.74) is 4.20. The number of ether oxygens (including phenoxy) is 1. The Balaban J connectivity index is 1.65. The lowest BCUT2D eigenvalue weighted by Gasteiger charge is -2.34. The van der Waals surface area contributed by atoms with E-state index in [2.05, 4.69) is 22.1 Å². The molecule has 4 aromatic heterocycles. The maximum absolute atomic E-state index is 5.67. The number of morpholine rings is 1. The van der Waals surface area contributed by atoms with Gasteiger partial charge in [-0.1, -0.05) is 12.1 Å². The molecule has 0 radical (unpaired) electrons. The number of hydrogen-bond acceptors (Lipinski definition) is 8. The molecule has 10 nitrogen and oxygen atoms in total. The van der Waals surface area contributed by atoms with Crippen LogP contribution >= 0.6 is 0 Å². The van der Waals surface area contributed by atoms with Crippen molar-refractivity contribution < 1.29 is 4.74 Å². The normalized spacial score (nSPS) is 16.5. The Hall–Kier alpha value is -4.05. The number of para-hydroxylation sites is 2. The Bertz CT molecular complexity index is 1440. The number of anilines is 2. The summed E-state index contributed by atoms with van der Waals surface area (Å²) in [5.74, 6) is 2.00. The van der Waals surface area contributed by atoms with Crippen molar-refractivity contribution in [2.45, 2.75) is 13.0 Å². The molecular formula is C23H23N9O. The van der Waals surface area contributed by atoms with Gasteiger partial charge in [0, 0.05) is 26.0 Å². The van der Waals surface area contributed by atoms with Gasteiger partial charge in [0.15, 0.2) is 17.0 Å². The second-order valence-electron chi connectivity index (χ2n) is 7.97. The third-order valence-electron chi connectivity index (χ3n) is 5.93. The zero-order valence-electron chi connectivity index (χ0n) is 18.4. The molecule has 5 aromatic rings. The second kappa shape index (κ2) is 7.82. The quantitative estimate of drug-likeness (QED) is 0.455. The molecule has 6 rings (SSSR count). The Kier molecular flexibility index (Phi) is 4.65. The molecule has 0 bridgehead atoms. The van der Waals surface area contributed by atoms with Crippen molar-refractivity contribution in [3.8, 4) is 11.6 Å². The van der Waals surface area contributed by atoms with Gasteiger partial charge in [-0.25, -0.2) is 14.5 Å². The van der Waals surface area contributed by atoms with Crippen LogP contribution in [-0.4, -0.2) is 66.9 Å². The molecular weight excluding hydrogens is 418 g/mol. The largest absolute Gasteiger partial charge is 0.377 e. The number of aromatic nitrogens is 7. The number of hydrogen-bond donors (Lipinski definition) is 1. The smallest absolute Gasteiger partial charge is 0.241 e. The highest BCUT2D eigenvalue weighted by molar-refractivity contribution is 5.87. The molecule has 1 N–H and O–H groups in total. The van der Waals surface area contributed by atoms with Crippen molar-refractivity contribution in [3.63, 3.8) is 0 Å². The van der Waals surface area contributed by atoms with E-state index in [0.29, 0.717) is 25.1 Å². The zero-order chi connectivity index (χ0) is 22.4. The highest BCUT2D eigenvalue weighted by Crippen LogP contribution is 2.30. The fourth-order valence-electron chi connectivity index (χ4n) is 4.31. The lowest BCUT2D eigenvalue weighted by molar-refractivity contribution is 0.0986. The molecule has 1 atom stereocenters. The molecule has 0 spiro atoms. The third-order valence-corrected chi connectivity index (χ3v) is 5.93. The SMILES string of the molecule is CNc1nc2ccccc2n1-c1nc(N2CCOC[C@H]2C)c2ncn(-c3ccncc3)c2n1. The lowest BCUT2D eigenvalue weighted by atomic mass is 10.2. The van der Waals surface area contributed by atoms with Crippen LogP contribution in [0.2, 0.25) is 0 Å². The molecule has 1 fully saturated rings. The van der Waals surface area contributed by atoms with Gasteiger partial charge in [-0.2, -0.15) is 9.97 Å². The van der Waals surface area contributed by atoms with Crippen LogP contribution < -0.4 is 10.2 Å². The number of fused-ring (bicyclic) bond motifs is 2. The van der Waals surface area contributed by atoms with Crippen molar-refractivity contribution in [2.75, 3.05) is 37.0 Å². The third kappa shape index (κ3) is 3.18. The van der Waals surface area contributed by atoms with E-state index in [0.717, 1.165) is 40.2 Å². The first-order chi connectivity index (χ1) is 16.2. The number of pyridine rings is 1. The molecule has 0 saturated carbocycles. The molecule has 1 aliphatic heterocycles. The molecule has 0 amide bonds. The van der Waals surface area contributed by atoms with Gasteiger partial charge in [0.2, 0.25) is 11.9 Å². The predicted molar refractivity (Wildman–Crippen MR) is 126 cm³/mol. The van der Waals surface area contributed by atoms with Gasteiger partial charge >= 0.3 is 0 Å². The van der Waals surface area contributed by atoms with Gasteiger partial charge in [0.25, 0.3) is 0 Å². The van der Waals surface area contributed by atoms with Gasteiger partial charge < -0.3 is 15.0 Å². The Morgan fingerprint density at radius 2 is 1.91 bits per heavy atom. The zero-order valence-corrected chi connectivity index (χ0v) is 18.4. The van der Waals surface area contributed by atoms with Crippen LogP contribution in [0.5, 0.6) is 0 Å².